The molecule has 0 aromatic rings. The summed E-state index contributed by atoms with van der Waals surface area (Å²) in [5, 5.41) is 0. The van der Waals surface area contributed by atoms with E-state index in [0.29, 0.717) is 0 Å². The summed E-state index contributed by atoms with van der Waals surface area (Å²) in [6, 6.07) is 0. The summed E-state index contributed by atoms with van der Waals surface area (Å²) in [5.41, 5.74) is 0. The number of unbranched alkanes of at least 4 members (excludes halogenated alkanes) is 20. The molecular formula is C36H80Cl2. The van der Waals surface area contributed by atoms with Crippen LogP contribution in [0.1, 0.15) is 229 Å². The van der Waals surface area contributed by atoms with Gasteiger partial charge in [0.05, 0.1) is 0 Å². The van der Waals surface area contributed by atoms with Crippen molar-refractivity contribution in [2.24, 2.45) is 0 Å². The minimum absolute atomic E-state index is 0.151. The summed E-state index contributed by atoms with van der Waals surface area (Å²) in [6.45, 7) is 20.2. The molecule has 0 saturated heterocycles. The van der Waals surface area contributed by atoms with E-state index in [9.17, 15) is 0 Å². The van der Waals surface area contributed by atoms with Gasteiger partial charge in [-0.3, -0.25) is 0 Å². The van der Waals surface area contributed by atoms with E-state index in [2.05, 4.69) is 62.3 Å². The first kappa shape index (κ1) is 48.3. The highest BCUT2D eigenvalue weighted by Crippen LogP contribution is 2.13. The van der Waals surface area contributed by atoms with E-state index in [1.165, 1.54) is 161 Å². The molecule has 0 atom stereocenters. The Balaban J connectivity index is -0.000000121. The number of rotatable bonds is 22. The van der Waals surface area contributed by atoms with E-state index in [1.807, 2.05) is 0 Å². The van der Waals surface area contributed by atoms with Crippen molar-refractivity contribution in [3.05, 3.63) is 0 Å². The van der Waals surface area contributed by atoms with Crippen LogP contribution >= 0.6 is 23.2 Å². The average molecular weight is 584 g/mol. The van der Waals surface area contributed by atoms with Gasteiger partial charge < -0.3 is 0 Å². The normalized spacial score (nSPS) is 9.79. The molecule has 2 heteroatoms. The molecule has 0 aliphatic rings. The fraction of sp³-hybridized carbons (Fsp3) is 1.00. The zero-order chi connectivity index (χ0) is 30.0. The zero-order valence-electron chi connectivity index (χ0n) is 28.7. The lowest BCUT2D eigenvalue weighted by Crippen LogP contribution is -1.86. The zero-order valence-corrected chi connectivity index (χ0v) is 30.2. The van der Waals surface area contributed by atoms with E-state index in [4.69, 9.17) is 23.2 Å². The Labute approximate surface area is 256 Å². The van der Waals surface area contributed by atoms with Gasteiger partial charge in [0.1, 0.15) is 4.84 Å². The van der Waals surface area contributed by atoms with Crippen LogP contribution in [0.5, 0.6) is 0 Å². The first-order valence-electron chi connectivity index (χ1n) is 17.7. The maximum atomic E-state index is 5.56. The molecule has 0 aliphatic heterocycles. The molecule has 0 N–H and O–H groups in total. The van der Waals surface area contributed by atoms with Crippen molar-refractivity contribution in [3.8, 4) is 0 Å². The van der Waals surface area contributed by atoms with Crippen molar-refractivity contribution in [2.45, 2.75) is 234 Å². The Bertz CT molecular complexity index is 235. The Morgan fingerprint density at radius 1 is 0.263 bits per heavy atom. The summed E-state index contributed by atoms with van der Waals surface area (Å²) in [7, 11) is 0. The topological polar surface area (TPSA) is 0 Å². The van der Waals surface area contributed by atoms with E-state index < -0.39 is 0 Å². The molecule has 0 aliphatic carbocycles. The van der Waals surface area contributed by atoms with Crippen LogP contribution in [0.15, 0.2) is 0 Å². The maximum Gasteiger partial charge on any atom is 0.107 e. The molecule has 0 heterocycles. The van der Waals surface area contributed by atoms with Crippen LogP contribution in [0, 0.1) is 0 Å². The molecule has 0 nitrogen and oxygen atoms in total. The van der Waals surface area contributed by atoms with Crippen LogP contribution in [0.25, 0.3) is 0 Å². The lowest BCUT2D eigenvalue weighted by Gasteiger charge is -1.99. The van der Waals surface area contributed by atoms with Crippen LogP contribution in [-0.2, 0) is 0 Å². The van der Waals surface area contributed by atoms with Crippen LogP contribution in [0.4, 0.5) is 0 Å². The minimum atomic E-state index is -0.151. The first-order chi connectivity index (χ1) is 18.4. The highest BCUT2D eigenvalue weighted by atomic mass is 35.5. The van der Waals surface area contributed by atoms with Gasteiger partial charge in [0, 0.05) is 0 Å². The average Bonchev–Trinajstić information content (AvgIpc) is 2.91. The van der Waals surface area contributed by atoms with Gasteiger partial charge in [0.2, 0.25) is 0 Å². The molecule has 0 bridgehead atoms. The second-order valence-corrected chi connectivity index (χ2v) is 12.1. The second kappa shape index (κ2) is 57.5. The van der Waals surface area contributed by atoms with Gasteiger partial charge >= 0.3 is 0 Å². The highest BCUT2D eigenvalue weighted by molar-refractivity contribution is 6.44. The summed E-state index contributed by atoms with van der Waals surface area (Å²) in [5.74, 6) is 0. The fourth-order valence-corrected chi connectivity index (χ4v) is 3.92. The van der Waals surface area contributed by atoms with Crippen LogP contribution in [-0.4, -0.2) is 4.84 Å². The van der Waals surface area contributed by atoms with E-state index in [0.717, 1.165) is 6.42 Å². The quantitative estimate of drug-likeness (QED) is 0.0878. The Hall–Kier alpha value is 0.580. The Kier molecular flexibility index (Phi) is 73.1. The third-order valence-electron chi connectivity index (χ3n) is 6.35. The molecule has 0 amide bonds. The van der Waals surface area contributed by atoms with Crippen molar-refractivity contribution >= 4 is 23.2 Å². The third kappa shape index (κ3) is 83.3. The molecule has 38 heavy (non-hydrogen) atoms. The van der Waals surface area contributed by atoms with Crippen molar-refractivity contribution < 1.29 is 0 Å². The predicted octanol–water partition coefficient (Wildman–Crippen LogP) is 16.1. The standard InChI is InChI=1S/C8H16Cl2.4C7H16/c1-2-3-4-5-6-7-8(9)10;4*1-3-5-7-6-4-2/h8H,2-7H2,1H3;4*3-7H2,1-2H3. The summed E-state index contributed by atoms with van der Waals surface area (Å²) >= 11 is 11.1. The second-order valence-electron chi connectivity index (χ2n) is 10.8. The van der Waals surface area contributed by atoms with E-state index >= 15 is 0 Å². The molecule has 0 rings (SSSR count). The third-order valence-corrected chi connectivity index (χ3v) is 6.79. The van der Waals surface area contributed by atoms with Crippen LogP contribution in [0.3, 0.4) is 0 Å². The lowest BCUT2D eigenvalue weighted by molar-refractivity contribution is 0.620. The molecular weight excluding hydrogens is 503 g/mol. The van der Waals surface area contributed by atoms with Gasteiger partial charge in [-0.1, -0.05) is 223 Å². The van der Waals surface area contributed by atoms with Gasteiger partial charge in [-0.2, -0.15) is 0 Å². The molecule has 0 aromatic carbocycles. The van der Waals surface area contributed by atoms with Gasteiger partial charge in [0.15, 0.2) is 0 Å². The maximum absolute atomic E-state index is 5.56. The molecule has 238 valence electrons. The SMILES string of the molecule is CCCCCCC.CCCCCCC.CCCCCCC.CCCCCCC.CCCCCCCC(Cl)Cl. The molecule has 0 unspecified atom stereocenters. The lowest BCUT2D eigenvalue weighted by atomic mass is 10.1. The summed E-state index contributed by atoms with van der Waals surface area (Å²) in [4.78, 5) is -0.151. The van der Waals surface area contributed by atoms with Crippen LogP contribution in [0.2, 0.25) is 0 Å². The van der Waals surface area contributed by atoms with Crippen LogP contribution < -0.4 is 0 Å². The largest absolute Gasteiger partial charge is 0.107 e. The Morgan fingerprint density at radius 3 is 0.579 bits per heavy atom. The summed E-state index contributed by atoms with van der Waals surface area (Å²) < 4.78 is 0. The molecule has 0 saturated carbocycles. The molecule has 0 radical (unpaired) electrons. The molecule has 0 aromatic heterocycles. The number of alkyl halides is 2. The van der Waals surface area contributed by atoms with Gasteiger partial charge in [-0.25, -0.2) is 0 Å². The van der Waals surface area contributed by atoms with Gasteiger partial charge in [-0.15, -0.1) is 23.2 Å². The van der Waals surface area contributed by atoms with Gasteiger partial charge in [-0.05, 0) is 6.42 Å². The smallest absolute Gasteiger partial charge is 0.105 e. The predicted molar refractivity (Wildman–Crippen MR) is 187 cm³/mol. The minimum Gasteiger partial charge on any atom is -0.105 e. The number of hydrogen-bond acceptors (Lipinski definition) is 0. The summed E-state index contributed by atoms with van der Waals surface area (Å²) in [6.07, 6.45) is 35.4. The number of hydrogen-bond donors (Lipinski definition) is 0. The van der Waals surface area contributed by atoms with Crippen molar-refractivity contribution in [1.82, 2.24) is 0 Å². The molecule has 0 spiro atoms. The monoisotopic (exact) mass is 583 g/mol. The van der Waals surface area contributed by atoms with E-state index in [-0.39, 0.29) is 4.84 Å². The van der Waals surface area contributed by atoms with Crippen molar-refractivity contribution in [1.29, 1.82) is 0 Å². The Morgan fingerprint density at radius 2 is 0.421 bits per heavy atom. The number of halogens is 2. The highest BCUT2D eigenvalue weighted by Gasteiger charge is 1.96. The van der Waals surface area contributed by atoms with Crippen molar-refractivity contribution in [3.63, 3.8) is 0 Å². The van der Waals surface area contributed by atoms with E-state index in [1.54, 1.807) is 0 Å². The van der Waals surface area contributed by atoms with Crippen molar-refractivity contribution in [2.75, 3.05) is 0 Å². The fourth-order valence-electron chi connectivity index (χ4n) is 3.61. The molecule has 0 fully saturated rings. The van der Waals surface area contributed by atoms with Gasteiger partial charge in [0.25, 0.3) is 0 Å². The first-order valence-corrected chi connectivity index (χ1v) is 18.6.